The molecule has 0 spiro atoms. The van der Waals surface area contributed by atoms with Crippen LogP contribution in [-0.2, 0) is 11.3 Å². The number of thiophene rings is 1. The van der Waals surface area contributed by atoms with Gasteiger partial charge in [-0.25, -0.2) is 4.98 Å². The monoisotopic (exact) mass is 368 g/mol. The molecule has 4 rings (SSSR count). The van der Waals surface area contributed by atoms with Crippen molar-refractivity contribution >= 4 is 38.8 Å². The molecule has 128 valence electrons. The molecule has 0 fully saturated rings. The fraction of sp³-hybridized carbons (Fsp3) is 0.300. The molecule has 3 nitrogen and oxygen atoms in total. The van der Waals surface area contributed by atoms with E-state index in [2.05, 4.69) is 41.9 Å². The van der Waals surface area contributed by atoms with Crippen LogP contribution in [0.15, 0.2) is 47.9 Å². The van der Waals surface area contributed by atoms with Gasteiger partial charge in [-0.1, -0.05) is 24.3 Å². The minimum atomic E-state index is -0.0363. The van der Waals surface area contributed by atoms with Crippen molar-refractivity contribution in [2.45, 2.75) is 32.2 Å². The first kappa shape index (κ1) is 16.5. The predicted molar refractivity (Wildman–Crippen MR) is 105 cm³/mol. The SMILES string of the molecule is Cc1ccsc1CNC(=O)C1CC=CCC1c1nc2ccccc2s1. The Hall–Kier alpha value is -1.98. The highest BCUT2D eigenvalue weighted by Crippen LogP contribution is 2.38. The fourth-order valence-corrected chi connectivity index (χ4v) is 5.30. The summed E-state index contributed by atoms with van der Waals surface area (Å²) in [6, 6.07) is 10.3. The maximum atomic E-state index is 12.8. The van der Waals surface area contributed by atoms with Crippen LogP contribution in [0.25, 0.3) is 10.2 Å². The van der Waals surface area contributed by atoms with Gasteiger partial charge in [-0.3, -0.25) is 4.79 Å². The molecule has 2 heterocycles. The van der Waals surface area contributed by atoms with E-state index in [1.807, 2.05) is 18.2 Å². The average Bonchev–Trinajstić information content (AvgIpc) is 3.25. The summed E-state index contributed by atoms with van der Waals surface area (Å²) in [7, 11) is 0. The van der Waals surface area contributed by atoms with Crippen LogP contribution in [0.5, 0.6) is 0 Å². The maximum Gasteiger partial charge on any atom is 0.224 e. The van der Waals surface area contributed by atoms with Gasteiger partial charge in [-0.2, -0.15) is 0 Å². The number of fused-ring (bicyclic) bond motifs is 1. The van der Waals surface area contributed by atoms with Gasteiger partial charge in [0.25, 0.3) is 0 Å². The maximum absolute atomic E-state index is 12.8. The molecule has 0 bridgehead atoms. The Bertz CT molecular complexity index is 892. The number of allylic oxidation sites excluding steroid dienone is 2. The molecule has 25 heavy (non-hydrogen) atoms. The van der Waals surface area contributed by atoms with E-state index < -0.39 is 0 Å². The minimum Gasteiger partial charge on any atom is -0.351 e. The molecule has 5 heteroatoms. The first-order chi connectivity index (χ1) is 12.2. The molecule has 2 unspecified atom stereocenters. The van der Waals surface area contributed by atoms with E-state index in [1.54, 1.807) is 22.7 Å². The van der Waals surface area contributed by atoms with Gasteiger partial charge >= 0.3 is 0 Å². The van der Waals surface area contributed by atoms with Gasteiger partial charge < -0.3 is 5.32 Å². The number of hydrogen-bond acceptors (Lipinski definition) is 4. The third kappa shape index (κ3) is 3.39. The predicted octanol–water partition coefficient (Wildman–Crippen LogP) is 5.03. The molecule has 1 amide bonds. The van der Waals surface area contributed by atoms with Crippen molar-refractivity contribution in [3.8, 4) is 0 Å². The molecular weight excluding hydrogens is 348 g/mol. The summed E-state index contributed by atoms with van der Waals surface area (Å²) in [5, 5.41) is 6.30. The number of benzene rings is 1. The molecule has 1 aliphatic rings. The highest BCUT2D eigenvalue weighted by atomic mass is 32.1. The van der Waals surface area contributed by atoms with E-state index in [4.69, 9.17) is 4.98 Å². The second-order valence-electron chi connectivity index (χ2n) is 6.42. The van der Waals surface area contributed by atoms with Gasteiger partial charge in [-0.05, 0) is 48.9 Å². The van der Waals surface area contributed by atoms with Gasteiger partial charge in [0.1, 0.15) is 0 Å². The Morgan fingerprint density at radius 1 is 1.24 bits per heavy atom. The zero-order valence-electron chi connectivity index (χ0n) is 14.1. The van der Waals surface area contributed by atoms with Gasteiger partial charge in [0, 0.05) is 10.8 Å². The molecule has 1 aromatic carbocycles. The summed E-state index contributed by atoms with van der Waals surface area (Å²) < 4.78 is 1.19. The van der Waals surface area contributed by atoms with E-state index in [1.165, 1.54) is 15.1 Å². The van der Waals surface area contributed by atoms with Crippen molar-refractivity contribution in [1.82, 2.24) is 10.3 Å². The van der Waals surface area contributed by atoms with Crippen molar-refractivity contribution < 1.29 is 4.79 Å². The van der Waals surface area contributed by atoms with Crippen molar-refractivity contribution in [2.24, 2.45) is 5.92 Å². The summed E-state index contributed by atoms with van der Waals surface area (Å²) in [4.78, 5) is 18.9. The number of nitrogens with one attached hydrogen (secondary N) is 1. The number of carbonyl (C=O) groups excluding carboxylic acids is 1. The molecular formula is C20H20N2OS2. The van der Waals surface area contributed by atoms with E-state index in [0.717, 1.165) is 23.4 Å². The zero-order chi connectivity index (χ0) is 17.2. The first-order valence-corrected chi connectivity index (χ1v) is 10.2. The van der Waals surface area contributed by atoms with E-state index in [9.17, 15) is 4.79 Å². The number of aromatic nitrogens is 1. The Morgan fingerprint density at radius 2 is 2.08 bits per heavy atom. The molecule has 0 saturated heterocycles. The highest BCUT2D eigenvalue weighted by molar-refractivity contribution is 7.18. The quantitative estimate of drug-likeness (QED) is 0.656. The van der Waals surface area contributed by atoms with E-state index in [-0.39, 0.29) is 17.7 Å². The van der Waals surface area contributed by atoms with Gasteiger partial charge in [-0.15, -0.1) is 22.7 Å². The second kappa shape index (κ2) is 7.10. The third-order valence-corrected chi connectivity index (χ3v) is 6.98. The van der Waals surface area contributed by atoms with Gasteiger partial charge in [0.2, 0.25) is 5.91 Å². The number of hydrogen-bond donors (Lipinski definition) is 1. The standard InChI is InChI=1S/C20H20N2OS2/c1-13-10-11-24-18(13)12-21-19(23)14-6-2-3-7-15(14)20-22-16-8-4-5-9-17(16)25-20/h2-5,8-11,14-15H,6-7,12H2,1H3,(H,21,23). The van der Waals surface area contributed by atoms with E-state index >= 15 is 0 Å². The lowest BCUT2D eigenvalue weighted by Gasteiger charge is -2.26. The first-order valence-electron chi connectivity index (χ1n) is 8.53. The van der Waals surface area contributed by atoms with Crippen LogP contribution in [0.2, 0.25) is 0 Å². The van der Waals surface area contributed by atoms with E-state index in [0.29, 0.717) is 6.54 Å². The lowest BCUT2D eigenvalue weighted by molar-refractivity contribution is -0.125. The molecule has 0 saturated carbocycles. The Morgan fingerprint density at radius 3 is 2.88 bits per heavy atom. The number of carbonyl (C=O) groups is 1. The Kier molecular flexibility index (Phi) is 4.68. The zero-order valence-corrected chi connectivity index (χ0v) is 15.7. The Balaban J connectivity index is 1.53. The fourth-order valence-electron chi connectivity index (χ4n) is 3.31. The highest BCUT2D eigenvalue weighted by Gasteiger charge is 2.32. The largest absolute Gasteiger partial charge is 0.351 e. The summed E-state index contributed by atoms with van der Waals surface area (Å²) in [5.74, 6) is 0.277. The third-order valence-electron chi connectivity index (χ3n) is 4.79. The van der Waals surface area contributed by atoms with Crippen molar-refractivity contribution in [1.29, 1.82) is 0 Å². The van der Waals surface area contributed by atoms with Crippen LogP contribution in [-0.4, -0.2) is 10.9 Å². The summed E-state index contributed by atoms with van der Waals surface area (Å²) >= 11 is 3.42. The molecule has 1 aliphatic carbocycles. The summed E-state index contributed by atoms with van der Waals surface area (Å²) in [6.07, 6.45) is 5.99. The minimum absolute atomic E-state index is 0.0363. The lowest BCUT2D eigenvalue weighted by atomic mass is 9.82. The van der Waals surface area contributed by atoms with Crippen LogP contribution < -0.4 is 5.32 Å². The number of rotatable bonds is 4. The topological polar surface area (TPSA) is 42.0 Å². The summed E-state index contributed by atoms with van der Waals surface area (Å²) in [6.45, 7) is 2.71. The van der Waals surface area contributed by atoms with Gasteiger partial charge in [0.05, 0.1) is 27.7 Å². The second-order valence-corrected chi connectivity index (χ2v) is 8.48. The van der Waals surface area contributed by atoms with Crippen LogP contribution in [0.4, 0.5) is 0 Å². The smallest absolute Gasteiger partial charge is 0.224 e. The number of aryl methyl sites for hydroxylation is 1. The Labute approximate surface area is 155 Å². The molecule has 3 aromatic rings. The van der Waals surface area contributed by atoms with Crippen molar-refractivity contribution in [3.63, 3.8) is 0 Å². The van der Waals surface area contributed by atoms with Crippen LogP contribution >= 0.6 is 22.7 Å². The molecule has 0 radical (unpaired) electrons. The van der Waals surface area contributed by atoms with Crippen molar-refractivity contribution in [3.05, 3.63) is 63.3 Å². The van der Waals surface area contributed by atoms with Crippen LogP contribution in [0, 0.1) is 12.8 Å². The molecule has 1 N–H and O–H groups in total. The molecule has 2 atom stereocenters. The average molecular weight is 369 g/mol. The number of nitrogens with zero attached hydrogens (tertiary/aromatic N) is 1. The van der Waals surface area contributed by atoms with Gasteiger partial charge in [0.15, 0.2) is 0 Å². The number of amides is 1. The number of para-hydroxylation sites is 1. The molecule has 2 aromatic heterocycles. The number of thiazole rings is 1. The van der Waals surface area contributed by atoms with Crippen LogP contribution in [0.3, 0.4) is 0 Å². The molecule has 0 aliphatic heterocycles. The van der Waals surface area contributed by atoms with Crippen LogP contribution in [0.1, 0.15) is 34.2 Å². The van der Waals surface area contributed by atoms with Crippen molar-refractivity contribution in [2.75, 3.05) is 0 Å². The summed E-state index contributed by atoms with van der Waals surface area (Å²) in [5.41, 5.74) is 2.28. The lowest BCUT2D eigenvalue weighted by Crippen LogP contribution is -2.34. The normalized spacial score (nSPS) is 20.0.